The Hall–Kier alpha value is -0.120. The summed E-state index contributed by atoms with van der Waals surface area (Å²) in [5.41, 5.74) is 0. The Morgan fingerprint density at radius 2 is 1.95 bits per heavy atom. The summed E-state index contributed by atoms with van der Waals surface area (Å²) >= 11 is 0. The van der Waals surface area contributed by atoms with Crippen molar-refractivity contribution in [3.8, 4) is 0 Å². The zero-order chi connectivity index (χ0) is 15.4. The molecular weight excluding hydrogens is 260 g/mol. The normalized spacial score (nSPS) is 36.9. The Morgan fingerprint density at radius 3 is 2.62 bits per heavy atom. The molecule has 1 aliphatic carbocycles. The van der Waals surface area contributed by atoms with Crippen LogP contribution in [0.3, 0.4) is 0 Å². The lowest BCUT2D eigenvalue weighted by Gasteiger charge is -2.40. The van der Waals surface area contributed by atoms with Crippen LogP contribution in [-0.4, -0.2) is 60.3 Å². The summed E-state index contributed by atoms with van der Waals surface area (Å²) in [5.74, 6) is 2.06. The zero-order valence-electron chi connectivity index (χ0n) is 14.6. The highest BCUT2D eigenvalue weighted by Gasteiger charge is 2.33. The van der Waals surface area contributed by atoms with Crippen molar-refractivity contribution in [2.45, 2.75) is 65.0 Å². The molecular formula is C18H36N2O. The standard InChI is InChI=1S/C18H36N2O/c1-5-17-13-19(4)9-6-10-20(17)12-16-11-15(14(2)3)7-8-18(16)21/h14-18,21H,5-13H2,1-4H3. The molecule has 3 heteroatoms. The molecule has 2 rings (SSSR count). The van der Waals surface area contributed by atoms with Crippen molar-refractivity contribution in [2.75, 3.05) is 33.2 Å². The van der Waals surface area contributed by atoms with E-state index in [4.69, 9.17) is 0 Å². The molecule has 1 aliphatic heterocycles. The van der Waals surface area contributed by atoms with Gasteiger partial charge in [-0.1, -0.05) is 20.8 Å². The lowest BCUT2D eigenvalue weighted by Crippen LogP contribution is -2.46. The van der Waals surface area contributed by atoms with Crippen LogP contribution in [0.2, 0.25) is 0 Å². The SMILES string of the molecule is CCC1CN(C)CCCN1CC1CC(C(C)C)CCC1O. The number of hydrogen-bond donors (Lipinski definition) is 1. The molecule has 4 atom stereocenters. The predicted molar refractivity (Wildman–Crippen MR) is 89.4 cm³/mol. The van der Waals surface area contributed by atoms with Gasteiger partial charge in [0.15, 0.2) is 0 Å². The summed E-state index contributed by atoms with van der Waals surface area (Å²) in [6.45, 7) is 11.7. The lowest BCUT2D eigenvalue weighted by molar-refractivity contribution is 0.0107. The third-order valence-corrected chi connectivity index (χ3v) is 5.89. The van der Waals surface area contributed by atoms with E-state index in [9.17, 15) is 5.11 Å². The van der Waals surface area contributed by atoms with E-state index in [-0.39, 0.29) is 6.10 Å². The minimum atomic E-state index is -0.0708. The average molecular weight is 296 g/mol. The van der Waals surface area contributed by atoms with Gasteiger partial charge in [0.05, 0.1) is 6.10 Å². The first-order chi connectivity index (χ1) is 10.0. The average Bonchev–Trinajstić information content (AvgIpc) is 2.62. The fourth-order valence-corrected chi connectivity index (χ4v) is 4.31. The molecule has 0 aromatic heterocycles. The van der Waals surface area contributed by atoms with Gasteiger partial charge in [0, 0.05) is 19.1 Å². The molecule has 1 saturated carbocycles. The second kappa shape index (κ2) is 7.94. The van der Waals surface area contributed by atoms with Crippen molar-refractivity contribution in [3.05, 3.63) is 0 Å². The molecule has 3 nitrogen and oxygen atoms in total. The van der Waals surface area contributed by atoms with Crippen molar-refractivity contribution >= 4 is 0 Å². The number of nitrogens with zero attached hydrogens (tertiary/aromatic N) is 2. The van der Waals surface area contributed by atoms with E-state index in [0.29, 0.717) is 12.0 Å². The van der Waals surface area contributed by atoms with Gasteiger partial charge in [-0.15, -0.1) is 0 Å². The molecule has 0 aromatic rings. The van der Waals surface area contributed by atoms with Crippen LogP contribution in [0.4, 0.5) is 0 Å². The largest absolute Gasteiger partial charge is 0.393 e. The fourth-order valence-electron chi connectivity index (χ4n) is 4.31. The Morgan fingerprint density at radius 1 is 1.19 bits per heavy atom. The summed E-state index contributed by atoms with van der Waals surface area (Å²) in [6, 6.07) is 0.670. The first-order valence-corrected chi connectivity index (χ1v) is 9.11. The number of likely N-dealkylation sites (N-methyl/N-ethyl adjacent to an activating group) is 1. The molecule has 1 heterocycles. The monoisotopic (exact) mass is 296 g/mol. The smallest absolute Gasteiger partial charge is 0.0580 e. The maximum absolute atomic E-state index is 10.4. The molecule has 2 aliphatic rings. The number of hydrogen-bond acceptors (Lipinski definition) is 3. The van der Waals surface area contributed by atoms with Crippen LogP contribution >= 0.6 is 0 Å². The van der Waals surface area contributed by atoms with Crippen LogP contribution in [0.5, 0.6) is 0 Å². The first kappa shape index (κ1) is 17.2. The van der Waals surface area contributed by atoms with Crippen molar-refractivity contribution in [1.82, 2.24) is 9.80 Å². The Balaban J connectivity index is 1.96. The van der Waals surface area contributed by atoms with Crippen LogP contribution in [0.1, 0.15) is 52.9 Å². The van der Waals surface area contributed by atoms with Crippen LogP contribution < -0.4 is 0 Å². The Bertz CT molecular complexity index is 308. The topological polar surface area (TPSA) is 26.7 Å². The third kappa shape index (κ3) is 4.67. The molecule has 4 unspecified atom stereocenters. The van der Waals surface area contributed by atoms with Gasteiger partial charge in [0.25, 0.3) is 0 Å². The van der Waals surface area contributed by atoms with Crippen LogP contribution in [-0.2, 0) is 0 Å². The van der Waals surface area contributed by atoms with Gasteiger partial charge < -0.3 is 10.0 Å². The van der Waals surface area contributed by atoms with Crippen molar-refractivity contribution in [2.24, 2.45) is 17.8 Å². The predicted octanol–water partition coefficient (Wildman–Crippen LogP) is 2.84. The van der Waals surface area contributed by atoms with Gasteiger partial charge in [-0.2, -0.15) is 0 Å². The van der Waals surface area contributed by atoms with E-state index in [1.807, 2.05) is 0 Å². The minimum Gasteiger partial charge on any atom is -0.393 e. The minimum absolute atomic E-state index is 0.0708. The van der Waals surface area contributed by atoms with E-state index in [1.165, 1.54) is 45.3 Å². The molecule has 0 amide bonds. The van der Waals surface area contributed by atoms with E-state index >= 15 is 0 Å². The number of aliphatic hydroxyl groups excluding tert-OH is 1. The summed E-state index contributed by atoms with van der Waals surface area (Å²) in [7, 11) is 2.25. The van der Waals surface area contributed by atoms with E-state index in [1.54, 1.807) is 0 Å². The molecule has 1 N–H and O–H groups in total. The van der Waals surface area contributed by atoms with Gasteiger partial charge in [0.2, 0.25) is 0 Å². The molecule has 21 heavy (non-hydrogen) atoms. The quantitative estimate of drug-likeness (QED) is 0.864. The third-order valence-electron chi connectivity index (χ3n) is 5.89. The van der Waals surface area contributed by atoms with Gasteiger partial charge in [0.1, 0.15) is 0 Å². The van der Waals surface area contributed by atoms with Gasteiger partial charge in [-0.25, -0.2) is 0 Å². The highest BCUT2D eigenvalue weighted by atomic mass is 16.3. The van der Waals surface area contributed by atoms with Crippen LogP contribution in [0, 0.1) is 17.8 Å². The maximum atomic E-state index is 10.4. The number of rotatable bonds is 4. The summed E-state index contributed by atoms with van der Waals surface area (Å²) in [6.07, 6.45) is 5.87. The molecule has 0 bridgehead atoms. The second-order valence-electron chi connectivity index (χ2n) is 7.82. The lowest BCUT2D eigenvalue weighted by atomic mass is 9.74. The highest BCUT2D eigenvalue weighted by molar-refractivity contribution is 4.86. The molecule has 2 fully saturated rings. The van der Waals surface area contributed by atoms with E-state index in [2.05, 4.69) is 37.6 Å². The Labute approximate surface area is 131 Å². The molecule has 0 aromatic carbocycles. The molecule has 0 spiro atoms. The highest BCUT2D eigenvalue weighted by Crippen LogP contribution is 2.35. The molecule has 1 saturated heterocycles. The Kier molecular flexibility index (Phi) is 6.51. The zero-order valence-corrected chi connectivity index (χ0v) is 14.6. The fraction of sp³-hybridized carbons (Fsp3) is 1.00. The molecule has 124 valence electrons. The van der Waals surface area contributed by atoms with Crippen LogP contribution in [0.15, 0.2) is 0 Å². The van der Waals surface area contributed by atoms with E-state index in [0.717, 1.165) is 24.8 Å². The van der Waals surface area contributed by atoms with Gasteiger partial charge in [-0.3, -0.25) is 4.90 Å². The van der Waals surface area contributed by atoms with Gasteiger partial charge >= 0.3 is 0 Å². The second-order valence-corrected chi connectivity index (χ2v) is 7.82. The summed E-state index contributed by atoms with van der Waals surface area (Å²) < 4.78 is 0. The van der Waals surface area contributed by atoms with Crippen molar-refractivity contribution in [3.63, 3.8) is 0 Å². The molecule has 0 radical (unpaired) electrons. The van der Waals surface area contributed by atoms with Crippen molar-refractivity contribution in [1.29, 1.82) is 0 Å². The van der Waals surface area contributed by atoms with Crippen molar-refractivity contribution < 1.29 is 5.11 Å². The summed E-state index contributed by atoms with van der Waals surface area (Å²) in [5, 5.41) is 10.4. The number of aliphatic hydroxyl groups is 1. The van der Waals surface area contributed by atoms with Gasteiger partial charge in [-0.05, 0) is 70.0 Å². The summed E-state index contributed by atoms with van der Waals surface area (Å²) in [4.78, 5) is 5.16. The first-order valence-electron chi connectivity index (χ1n) is 9.11. The van der Waals surface area contributed by atoms with E-state index < -0.39 is 0 Å². The maximum Gasteiger partial charge on any atom is 0.0580 e. The van der Waals surface area contributed by atoms with Crippen LogP contribution in [0.25, 0.3) is 0 Å².